The molecule has 1 aliphatic heterocycles. The summed E-state index contributed by atoms with van der Waals surface area (Å²) >= 11 is 0. The summed E-state index contributed by atoms with van der Waals surface area (Å²) in [4.78, 5) is 14.2. The molecule has 1 fully saturated rings. The second kappa shape index (κ2) is 6.04. The number of methoxy groups -OCH3 is 1. The second-order valence-corrected chi connectivity index (χ2v) is 4.96. The van der Waals surface area contributed by atoms with Gasteiger partial charge in [-0.25, -0.2) is 0 Å². The molecule has 1 amide bonds. The molecule has 2 atom stereocenters. The predicted octanol–water partition coefficient (Wildman–Crippen LogP) is 1.07. The molecule has 0 aliphatic carbocycles. The van der Waals surface area contributed by atoms with Crippen LogP contribution in [0.2, 0.25) is 0 Å². The Balaban J connectivity index is 2.03. The number of carbonyl (C=O) groups is 1. The molecule has 1 aromatic rings. The Morgan fingerprint density at radius 3 is 2.79 bits per heavy atom. The lowest BCUT2D eigenvalue weighted by Crippen LogP contribution is -2.35. The zero-order valence-electron chi connectivity index (χ0n) is 11.6. The smallest absolute Gasteiger partial charge is 0.241 e. The first-order valence-corrected chi connectivity index (χ1v) is 6.45. The lowest BCUT2D eigenvalue weighted by molar-refractivity contribution is -0.118. The summed E-state index contributed by atoms with van der Waals surface area (Å²) in [5, 5.41) is 6.16. The van der Waals surface area contributed by atoms with Gasteiger partial charge in [-0.15, -0.1) is 0 Å². The third-order valence-electron chi connectivity index (χ3n) is 3.38. The minimum Gasteiger partial charge on any atom is -0.380 e. The van der Waals surface area contributed by atoms with E-state index in [1.165, 1.54) is 0 Å². The van der Waals surface area contributed by atoms with Crippen LogP contribution in [0.4, 0.5) is 11.4 Å². The highest BCUT2D eigenvalue weighted by Crippen LogP contribution is 2.24. The van der Waals surface area contributed by atoms with Gasteiger partial charge >= 0.3 is 0 Å². The third kappa shape index (κ3) is 3.24. The molecule has 0 bridgehead atoms. The van der Waals surface area contributed by atoms with E-state index in [2.05, 4.69) is 10.6 Å². The van der Waals surface area contributed by atoms with Gasteiger partial charge in [0, 0.05) is 27.7 Å². The van der Waals surface area contributed by atoms with Crippen LogP contribution in [0, 0.1) is 0 Å². The molecule has 1 aliphatic rings. The molecule has 0 saturated carbocycles. The molecule has 1 heterocycles. The SMILES string of the molecule is COC1CNC(C(=O)Nc2ccccc2N(C)C)C1. The van der Waals surface area contributed by atoms with E-state index >= 15 is 0 Å². The number of nitrogens with one attached hydrogen (secondary N) is 2. The molecule has 2 rings (SSSR count). The number of ether oxygens (including phenoxy) is 1. The molecule has 104 valence electrons. The van der Waals surface area contributed by atoms with Crippen molar-refractivity contribution in [2.45, 2.75) is 18.6 Å². The number of benzene rings is 1. The molecule has 0 aromatic heterocycles. The molecule has 2 unspecified atom stereocenters. The topological polar surface area (TPSA) is 53.6 Å². The van der Waals surface area contributed by atoms with Gasteiger partial charge in [0.2, 0.25) is 5.91 Å². The highest BCUT2D eigenvalue weighted by Gasteiger charge is 2.29. The normalized spacial score (nSPS) is 22.3. The number of para-hydroxylation sites is 2. The fraction of sp³-hybridized carbons (Fsp3) is 0.500. The van der Waals surface area contributed by atoms with Crippen molar-refractivity contribution in [3.63, 3.8) is 0 Å². The molecule has 19 heavy (non-hydrogen) atoms. The monoisotopic (exact) mass is 263 g/mol. The van der Waals surface area contributed by atoms with E-state index < -0.39 is 0 Å². The number of hydrogen-bond donors (Lipinski definition) is 2. The quantitative estimate of drug-likeness (QED) is 0.853. The summed E-state index contributed by atoms with van der Waals surface area (Å²) in [6, 6.07) is 7.59. The van der Waals surface area contributed by atoms with E-state index in [1.807, 2.05) is 43.3 Å². The van der Waals surface area contributed by atoms with Crippen molar-refractivity contribution in [3.8, 4) is 0 Å². The first-order valence-electron chi connectivity index (χ1n) is 6.45. The van der Waals surface area contributed by atoms with Crippen LogP contribution in [0.25, 0.3) is 0 Å². The van der Waals surface area contributed by atoms with Gasteiger partial charge in [-0.1, -0.05) is 12.1 Å². The zero-order chi connectivity index (χ0) is 13.8. The van der Waals surface area contributed by atoms with E-state index in [0.717, 1.165) is 17.9 Å². The molecule has 1 aromatic carbocycles. The maximum atomic E-state index is 12.2. The van der Waals surface area contributed by atoms with Crippen molar-refractivity contribution >= 4 is 17.3 Å². The first-order chi connectivity index (χ1) is 9.11. The highest BCUT2D eigenvalue weighted by molar-refractivity contribution is 5.97. The standard InChI is InChI=1S/C14H21N3O2/c1-17(2)13-7-5-4-6-11(13)16-14(18)12-8-10(19-3)9-15-12/h4-7,10,12,15H,8-9H2,1-3H3,(H,16,18). The minimum absolute atomic E-state index is 0.00569. The summed E-state index contributed by atoms with van der Waals surface area (Å²) in [6.45, 7) is 0.726. The molecular weight excluding hydrogens is 242 g/mol. The summed E-state index contributed by atoms with van der Waals surface area (Å²) in [6.07, 6.45) is 0.840. The van der Waals surface area contributed by atoms with Crippen LogP contribution in [0.3, 0.4) is 0 Å². The minimum atomic E-state index is -0.180. The summed E-state index contributed by atoms with van der Waals surface area (Å²) in [5.74, 6) is -0.00569. The maximum absolute atomic E-state index is 12.2. The van der Waals surface area contributed by atoms with Gasteiger partial charge in [-0.3, -0.25) is 4.79 Å². The van der Waals surface area contributed by atoms with Crippen LogP contribution in [-0.4, -0.2) is 45.8 Å². The van der Waals surface area contributed by atoms with Gasteiger partial charge in [-0.2, -0.15) is 0 Å². The highest BCUT2D eigenvalue weighted by atomic mass is 16.5. The number of nitrogens with zero attached hydrogens (tertiary/aromatic N) is 1. The van der Waals surface area contributed by atoms with E-state index in [-0.39, 0.29) is 18.1 Å². The van der Waals surface area contributed by atoms with Gasteiger partial charge in [0.15, 0.2) is 0 Å². The van der Waals surface area contributed by atoms with Crippen molar-refractivity contribution in [2.24, 2.45) is 0 Å². The predicted molar refractivity (Wildman–Crippen MR) is 76.6 cm³/mol. The van der Waals surface area contributed by atoms with Crippen molar-refractivity contribution < 1.29 is 9.53 Å². The van der Waals surface area contributed by atoms with Crippen molar-refractivity contribution in [3.05, 3.63) is 24.3 Å². The lowest BCUT2D eigenvalue weighted by Gasteiger charge is -2.19. The van der Waals surface area contributed by atoms with E-state index in [1.54, 1.807) is 7.11 Å². The van der Waals surface area contributed by atoms with Crippen LogP contribution in [0.15, 0.2) is 24.3 Å². The number of hydrogen-bond acceptors (Lipinski definition) is 4. The average Bonchev–Trinajstić information content (AvgIpc) is 2.88. The van der Waals surface area contributed by atoms with E-state index in [0.29, 0.717) is 6.42 Å². The fourth-order valence-corrected chi connectivity index (χ4v) is 2.27. The summed E-state index contributed by atoms with van der Waals surface area (Å²) in [5.41, 5.74) is 1.83. The van der Waals surface area contributed by atoms with Crippen molar-refractivity contribution in [2.75, 3.05) is 38.0 Å². The van der Waals surface area contributed by atoms with Crippen molar-refractivity contribution in [1.82, 2.24) is 5.32 Å². The molecular formula is C14H21N3O2. The zero-order valence-corrected chi connectivity index (χ0v) is 11.6. The molecule has 2 N–H and O–H groups in total. The molecule has 1 saturated heterocycles. The Hall–Kier alpha value is -1.59. The Morgan fingerprint density at radius 2 is 2.16 bits per heavy atom. The molecule has 0 radical (unpaired) electrons. The number of rotatable bonds is 4. The van der Waals surface area contributed by atoms with Gasteiger partial charge < -0.3 is 20.3 Å². The summed E-state index contributed by atoms with van der Waals surface area (Å²) in [7, 11) is 5.59. The van der Waals surface area contributed by atoms with Gasteiger partial charge in [-0.05, 0) is 18.6 Å². The Bertz CT molecular complexity index is 448. The lowest BCUT2D eigenvalue weighted by atomic mass is 10.1. The Labute approximate surface area is 113 Å². The molecule has 5 heteroatoms. The second-order valence-electron chi connectivity index (χ2n) is 4.96. The van der Waals surface area contributed by atoms with Crippen LogP contribution >= 0.6 is 0 Å². The fourth-order valence-electron chi connectivity index (χ4n) is 2.27. The van der Waals surface area contributed by atoms with Gasteiger partial charge in [0.25, 0.3) is 0 Å². The van der Waals surface area contributed by atoms with Crippen LogP contribution in [0.1, 0.15) is 6.42 Å². The van der Waals surface area contributed by atoms with E-state index in [9.17, 15) is 4.79 Å². The number of carbonyl (C=O) groups excluding carboxylic acids is 1. The molecule has 5 nitrogen and oxygen atoms in total. The van der Waals surface area contributed by atoms with Crippen LogP contribution < -0.4 is 15.5 Å². The average molecular weight is 263 g/mol. The number of amides is 1. The van der Waals surface area contributed by atoms with Crippen LogP contribution in [-0.2, 0) is 9.53 Å². The Kier molecular flexibility index (Phi) is 4.39. The Morgan fingerprint density at radius 1 is 1.42 bits per heavy atom. The maximum Gasteiger partial charge on any atom is 0.241 e. The first kappa shape index (κ1) is 13.8. The third-order valence-corrected chi connectivity index (χ3v) is 3.38. The van der Waals surface area contributed by atoms with Crippen LogP contribution in [0.5, 0.6) is 0 Å². The van der Waals surface area contributed by atoms with Gasteiger partial charge in [0.05, 0.1) is 23.5 Å². The van der Waals surface area contributed by atoms with Gasteiger partial charge in [0.1, 0.15) is 0 Å². The largest absolute Gasteiger partial charge is 0.380 e. The number of anilines is 2. The molecule has 0 spiro atoms. The summed E-state index contributed by atoms with van der Waals surface area (Å²) < 4.78 is 5.25. The van der Waals surface area contributed by atoms with E-state index in [4.69, 9.17) is 4.74 Å². The van der Waals surface area contributed by atoms with Crippen molar-refractivity contribution in [1.29, 1.82) is 0 Å².